The van der Waals surface area contributed by atoms with Gasteiger partial charge in [0.15, 0.2) is 0 Å². The molecule has 3 heteroatoms. The second-order valence-corrected chi connectivity index (χ2v) is 4.41. The lowest BCUT2D eigenvalue weighted by Gasteiger charge is -2.06. The summed E-state index contributed by atoms with van der Waals surface area (Å²) >= 11 is 3.40. The van der Waals surface area contributed by atoms with Gasteiger partial charge in [0, 0.05) is 10.2 Å². The van der Waals surface area contributed by atoms with Crippen molar-refractivity contribution < 1.29 is 4.74 Å². The second-order valence-electron chi connectivity index (χ2n) is 3.49. The van der Waals surface area contributed by atoms with E-state index in [-0.39, 0.29) is 0 Å². The molecule has 2 rings (SSSR count). The van der Waals surface area contributed by atoms with Crippen molar-refractivity contribution in [3.8, 4) is 5.75 Å². The quantitative estimate of drug-likeness (QED) is 0.870. The smallest absolute Gasteiger partial charge is 0.120 e. The monoisotopic (exact) mass is 277 g/mol. The van der Waals surface area contributed by atoms with Crippen LogP contribution in [0.15, 0.2) is 53.0 Å². The van der Waals surface area contributed by atoms with Crippen LogP contribution in [0, 0.1) is 0 Å². The van der Waals surface area contributed by atoms with E-state index >= 15 is 0 Å². The zero-order valence-corrected chi connectivity index (χ0v) is 10.3. The molecule has 0 saturated carbocycles. The molecule has 0 radical (unpaired) electrons. The van der Waals surface area contributed by atoms with Crippen molar-refractivity contribution in [1.29, 1.82) is 0 Å². The Hall–Kier alpha value is -1.48. The predicted octanol–water partition coefficient (Wildman–Crippen LogP) is 3.61. The van der Waals surface area contributed by atoms with Crippen LogP contribution in [0.1, 0.15) is 5.56 Å². The third kappa shape index (κ3) is 3.00. The molecule has 16 heavy (non-hydrogen) atoms. The van der Waals surface area contributed by atoms with E-state index in [0.29, 0.717) is 6.61 Å². The SMILES string of the molecule is Nc1cccc(COc2cccc(Br)c2)c1. The van der Waals surface area contributed by atoms with Crippen molar-refractivity contribution in [3.05, 3.63) is 58.6 Å². The second kappa shape index (κ2) is 5.03. The van der Waals surface area contributed by atoms with E-state index in [2.05, 4.69) is 15.9 Å². The third-order valence-corrected chi connectivity index (χ3v) is 2.65. The van der Waals surface area contributed by atoms with Crippen LogP contribution in [-0.4, -0.2) is 0 Å². The molecule has 0 bridgehead atoms. The number of rotatable bonds is 3. The van der Waals surface area contributed by atoms with E-state index in [1.807, 2.05) is 48.5 Å². The van der Waals surface area contributed by atoms with Crippen LogP contribution in [0.4, 0.5) is 5.69 Å². The van der Waals surface area contributed by atoms with Crippen molar-refractivity contribution in [3.63, 3.8) is 0 Å². The summed E-state index contributed by atoms with van der Waals surface area (Å²) in [5.41, 5.74) is 7.52. The van der Waals surface area contributed by atoms with Crippen LogP contribution in [-0.2, 0) is 6.61 Å². The van der Waals surface area contributed by atoms with Gasteiger partial charge in [0.25, 0.3) is 0 Å². The summed E-state index contributed by atoms with van der Waals surface area (Å²) in [5, 5.41) is 0. The lowest BCUT2D eigenvalue weighted by Crippen LogP contribution is -1.96. The minimum absolute atomic E-state index is 0.529. The van der Waals surface area contributed by atoms with Gasteiger partial charge in [-0.2, -0.15) is 0 Å². The molecule has 0 saturated heterocycles. The Labute approximate surface area is 103 Å². The van der Waals surface area contributed by atoms with E-state index in [1.54, 1.807) is 0 Å². The van der Waals surface area contributed by atoms with Crippen LogP contribution in [0.2, 0.25) is 0 Å². The zero-order chi connectivity index (χ0) is 11.4. The maximum Gasteiger partial charge on any atom is 0.120 e. The van der Waals surface area contributed by atoms with E-state index in [9.17, 15) is 0 Å². The number of hydrogen-bond donors (Lipinski definition) is 1. The van der Waals surface area contributed by atoms with E-state index in [0.717, 1.165) is 21.5 Å². The van der Waals surface area contributed by atoms with Gasteiger partial charge in [-0.15, -0.1) is 0 Å². The van der Waals surface area contributed by atoms with Gasteiger partial charge >= 0.3 is 0 Å². The number of benzene rings is 2. The Morgan fingerprint density at radius 2 is 1.88 bits per heavy atom. The molecule has 0 amide bonds. The molecule has 0 aromatic heterocycles. The molecule has 0 aliphatic rings. The molecule has 0 atom stereocenters. The average molecular weight is 278 g/mol. The van der Waals surface area contributed by atoms with Crippen LogP contribution in [0.3, 0.4) is 0 Å². The molecule has 0 heterocycles. The summed E-state index contributed by atoms with van der Waals surface area (Å²) in [7, 11) is 0. The molecular weight excluding hydrogens is 266 g/mol. The van der Waals surface area contributed by atoms with E-state index in [1.165, 1.54) is 0 Å². The number of halogens is 1. The van der Waals surface area contributed by atoms with Crippen molar-refractivity contribution >= 4 is 21.6 Å². The normalized spacial score (nSPS) is 10.1. The summed E-state index contributed by atoms with van der Waals surface area (Å²) in [4.78, 5) is 0. The maximum absolute atomic E-state index is 5.69. The van der Waals surface area contributed by atoms with Gasteiger partial charge < -0.3 is 10.5 Å². The van der Waals surface area contributed by atoms with Crippen LogP contribution in [0.25, 0.3) is 0 Å². The van der Waals surface area contributed by atoms with Crippen molar-refractivity contribution in [2.45, 2.75) is 6.61 Å². The fourth-order valence-electron chi connectivity index (χ4n) is 1.41. The largest absolute Gasteiger partial charge is 0.489 e. The third-order valence-electron chi connectivity index (χ3n) is 2.15. The van der Waals surface area contributed by atoms with E-state index in [4.69, 9.17) is 10.5 Å². The Morgan fingerprint density at radius 3 is 2.62 bits per heavy atom. The maximum atomic E-state index is 5.69. The highest BCUT2D eigenvalue weighted by Crippen LogP contribution is 2.19. The average Bonchev–Trinajstić information content (AvgIpc) is 2.27. The molecule has 2 aromatic rings. The van der Waals surface area contributed by atoms with Crippen molar-refractivity contribution in [2.75, 3.05) is 5.73 Å². The van der Waals surface area contributed by atoms with E-state index < -0.39 is 0 Å². The van der Waals surface area contributed by atoms with Gasteiger partial charge in [0.2, 0.25) is 0 Å². The van der Waals surface area contributed by atoms with Gasteiger partial charge in [-0.1, -0.05) is 34.1 Å². The highest BCUT2D eigenvalue weighted by Gasteiger charge is 1.97. The standard InChI is InChI=1S/C13H12BrNO/c14-11-4-2-6-13(8-11)16-9-10-3-1-5-12(15)7-10/h1-8H,9,15H2. The minimum Gasteiger partial charge on any atom is -0.489 e. The topological polar surface area (TPSA) is 35.2 Å². The number of ether oxygens (including phenoxy) is 1. The van der Waals surface area contributed by atoms with Crippen molar-refractivity contribution in [2.24, 2.45) is 0 Å². The molecule has 0 aliphatic carbocycles. The first-order valence-electron chi connectivity index (χ1n) is 4.97. The van der Waals surface area contributed by atoms with Crippen molar-refractivity contribution in [1.82, 2.24) is 0 Å². The Kier molecular flexibility index (Phi) is 3.47. The van der Waals surface area contributed by atoms with Crippen LogP contribution < -0.4 is 10.5 Å². The summed E-state index contributed by atoms with van der Waals surface area (Å²) in [6.45, 7) is 0.529. The van der Waals surface area contributed by atoms with Gasteiger partial charge in [-0.3, -0.25) is 0 Å². The first-order valence-corrected chi connectivity index (χ1v) is 5.76. The van der Waals surface area contributed by atoms with Crippen LogP contribution >= 0.6 is 15.9 Å². The number of nitrogens with two attached hydrogens (primary N) is 1. The fraction of sp³-hybridized carbons (Fsp3) is 0.0769. The Morgan fingerprint density at radius 1 is 1.06 bits per heavy atom. The first-order chi connectivity index (χ1) is 7.74. The van der Waals surface area contributed by atoms with Gasteiger partial charge in [0.1, 0.15) is 12.4 Å². The molecule has 2 aromatic carbocycles. The summed E-state index contributed by atoms with van der Waals surface area (Å²) < 4.78 is 6.65. The Balaban J connectivity index is 2.02. The molecule has 0 aliphatic heterocycles. The van der Waals surface area contributed by atoms with Crippen LogP contribution in [0.5, 0.6) is 5.75 Å². The lowest BCUT2D eigenvalue weighted by atomic mass is 10.2. The summed E-state index contributed by atoms with van der Waals surface area (Å²) in [6, 6.07) is 15.5. The lowest BCUT2D eigenvalue weighted by molar-refractivity contribution is 0.306. The summed E-state index contributed by atoms with van der Waals surface area (Å²) in [6.07, 6.45) is 0. The van der Waals surface area contributed by atoms with Gasteiger partial charge in [-0.05, 0) is 35.9 Å². The minimum atomic E-state index is 0.529. The number of anilines is 1. The number of nitrogen functional groups attached to an aromatic ring is 1. The predicted molar refractivity (Wildman–Crippen MR) is 69.3 cm³/mol. The first kappa shape index (κ1) is 11.0. The van der Waals surface area contributed by atoms with Gasteiger partial charge in [-0.25, -0.2) is 0 Å². The van der Waals surface area contributed by atoms with Gasteiger partial charge in [0.05, 0.1) is 0 Å². The molecule has 0 spiro atoms. The number of hydrogen-bond acceptors (Lipinski definition) is 2. The fourth-order valence-corrected chi connectivity index (χ4v) is 1.78. The molecule has 2 N–H and O–H groups in total. The molecule has 0 unspecified atom stereocenters. The highest BCUT2D eigenvalue weighted by molar-refractivity contribution is 9.10. The molecule has 0 fully saturated rings. The molecule has 82 valence electrons. The molecular formula is C13H12BrNO. The zero-order valence-electron chi connectivity index (χ0n) is 8.69. The molecule has 2 nitrogen and oxygen atoms in total. The summed E-state index contributed by atoms with van der Waals surface area (Å²) in [5.74, 6) is 0.844. The Bertz CT molecular complexity index is 439. The highest BCUT2D eigenvalue weighted by atomic mass is 79.9.